The van der Waals surface area contributed by atoms with Gasteiger partial charge in [0, 0.05) is 22.3 Å². The van der Waals surface area contributed by atoms with E-state index in [2.05, 4.69) is 187 Å². The lowest BCUT2D eigenvalue weighted by molar-refractivity contribution is 0.0818. The molecule has 0 saturated heterocycles. The fourth-order valence-corrected chi connectivity index (χ4v) is 18.2. The number of fused-ring (bicyclic) bond motifs is 10. The predicted molar refractivity (Wildman–Crippen MR) is 214 cm³/mol. The van der Waals surface area contributed by atoms with Gasteiger partial charge >= 0.3 is 16.6 Å². The Kier molecular flexibility index (Phi) is 7.72. The fourth-order valence-electron chi connectivity index (χ4n) is 9.29. The molecular formula is C46H46O4Si2. The maximum atomic E-state index is 8.02. The van der Waals surface area contributed by atoms with E-state index in [0.717, 1.165) is 33.8 Å². The Bertz CT molecular complexity index is 1900. The van der Waals surface area contributed by atoms with Crippen molar-refractivity contribution in [1.82, 2.24) is 0 Å². The summed E-state index contributed by atoms with van der Waals surface area (Å²) in [6, 6.07) is 43.6. The molecule has 5 aromatic rings. The Morgan fingerprint density at radius 2 is 0.615 bits per heavy atom. The SMILES string of the molecule is CC(C)(C)[Si](Oc1c2c(c(O[Si](c3ccccc3)(c3ccccc3)C(C)(C)C)c3c1[C@H]1C=C[C@H]3O1)[C@H]1C=C[C@@H]2O1)(c1ccccc1)c1ccccc1. The quantitative estimate of drug-likeness (QED) is 0.119. The van der Waals surface area contributed by atoms with Crippen LogP contribution in [0, 0.1) is 0 Å². The topological polar surface area (TPSA) is 36.9 Å². The molecule has 9 rings (SSSR count). The van der Waals surface area contributed by atoms with Crippen LogP contribution in [0.25, 0.3) is 0 Å². The van der Waals surface area contributed by atoms with E-state index in [0.29, 0.717) is 0 Å². The first-order valence-corrected chi connectivity index (χ1v) is 22.4. The summed E-state index contributed by atoms with van der Waals surface area (Å²) in [5, 5.41) is 4.52. The number of rotatable bonds is 8. The van der Waals surface area contributed by atoms with Crippen LogP contribution in [0.4, 0.5) is 0 Å². The minimum Gasteiger partial charge on any atom is -0.533 e. The van der Waals surface area contributed by atoms with Crippen molar-refractivity contribution in [2.75, 3.05) is 0 Å². The third-order valence-corrected chi connectivity index (χ3v) is 21.4. The van der Waals surface area contributed by atoms with Crippen molar-refractivity contribution in [1.29, 1.82) is 0 Å². The lowest BCUT2D eigenvalue weighted by Crippen LogP contribution is -2.69. The van der Waals surface area contributed by atoms with Crippen molar-refractivity contribution < 1.29 is 18.3 Å². The first-order chi connectivity index (χ1) is 25.0. The van der Waals surface area contributed by atoms with E-state index >= 15 is 0 Å². The Morgan fingerprint density at radius 3 is 0.827 bits per heavy atom. The summed E-state index contributed by atoms with van der Waals surface area (Å²) >= 11 is 0. The van der Waals surface area contributed by atoms with Gasteiger partial charge in [-0.25, -0.2) is 0 Å². The highest BCUT2D eigenvalue weighted by Gasteiger charge is 2.58. The molecular weight excluding hydrogens is 673 g/mol. The summed E-state index contributed by atoms with van der Waals surface area (Å²) in [7, 11) is -6.04. The molecule has 0 saturated carbocycles. The normalized spacial score (nSPS) is 21.3. The highest BCUT2D eigenvalue weighted by molar-refractivity contribution is 7.00. The highest BCUT2D eigenvalue weighted by atomic mass is 28.4. The summed E-state index contributed by atoms with van der Waals surface area (Å²) in [6.07, 6.45) is 7.88. The molecule has 0 N–H and O–H groups in total. The first-order valence-electron chi connectivity index (χ1n) is 18.6. The number of ether oxygens (including phenoxy) is 2. The number of hydrogen-bond donors (Lipinski definition) is 0. The lowest BCUT2D eigenvalue weighted by atomic mass is 9.85. The van der Waals surface area contributed by atoms with E-state index in [1.54, 1.807) is 0 Å². The van der Waals surface area contributed by atoms with Gasteiger partial charge in [0.25, 0.3) is 0 Å². The van der Waals surface area contributed by atoms with Crippen LogP contribution in [0.3, 0.4) is 0 Å². The molecule has 0 amide bonds. The van der Waals surface area contributed by atoms with Gasteiger partial charge in [-0.2, -0.15) is 0 Å². The smallest absolute Gasteiger partial charge is 0.319 e. The molecule has 4 aliphatic rings. The average Bonchev–Trinajstić information content (AvgIpc) is 3.97. The largest absolute Gasteiger partial charge is 0.533 e. The standard InChI is InChI=1S/C46H46O4Si2/c1-45(2,3)51(31-19-11-7-12-20-31,32-21-13-8-14-22-32)49-43-39-35-27-29-37(47-35)41(39)44(42-38-30-28-36(48-38)40(42)43)50-52(46(4,5)6,33-23-15-9-16-24-33)34-25-17-10-18-26-34/h7-30,35-38H,1-6H3/t35-,36-,37-,38+/m1/s1. The minimum atomic E-state index is -3.02. The molecule has 6 heteroatoms. The Balaban J connectivity index is 1.34. The molecule has 4 bridgehead atoms. The van der Waals surface area contributed by atoms with E-state index in [1.807, 2.05) is 0 Å². The summed E-state index contributed by atoms with van der Waals surface area (Å²) in [6.45, 7) is 14.0. The second kappa shape index (κ2) is 12.0. The van der Waals surface area contributed by atoms with Gasteiger partial charge in [0.1, 0.15) is 35.9 Å². The van der Waals surface area contributed by atoms with Crippen LogP contribution in [0.15, 0.2) is 146 Å². The van der Waals surface area contributed by atoms with E-state index in [1.165, 1.54) is 20.7 Å². The summed E-state index contributed by atoms with van der Waals surface area (Å²) in [4.78, 5) is 0. The molecule has 0 spiro atoms. The third kappa shape index (κ3) is 4.77. The van der Waals surface area contributed by atoms with E-state index in [9.17, 15) is 0 Å². The molecule has 4 aliphatic heterocycles. The van der Waals surface area contributed by atoms with Crippen LogP contribution in [0.2, 0.25) is 10.1 Å². The monoisotopic (exact) mass is 718 g/mol. The summed E-state index contributed by atoms with van der Waals surface area (Å²) in [5.74, 6) is 1.84. The van der Waals surface area contributed by atoms with Crippen molar-refractivity contribution in [3.63, 3.8) is 0 Å². The van der Waals surface area contributed by atoms with Crippen LogP contribution >= 0.6 is 0 Å². The van der Waals surface area contributed by atoms with Gasteiger partial charge in [-0.3, -0.25) is 0 Å². The van der Waals surface area contributed by atoms with Crippen molar-refractivity contribution >= 4 is 37.4 Å². The highest BCUT2D eigenvalue weighted by Crippen LogP contribution is 2.64. The lowest BCUT2D eigenvalue weighted by Gasteiger charge is -2.45. The zero-order valence-corrected chi connectivity index (χ0v) is 32.8. The second-order valence-corrected chi connectivity index (χ2v) is 25.0. The first kappa shape index (κ1) is 33.4. The minimum absolute atomic E-state index is 0.220. The van der Waals surface area contributed by atoms with Gasteiger partial charge < -0.3 is 18.3 Å². The van der Waals surface area contributed by atoms with Gasteiger partial charge in [0.2, 0.25) is 0 Å². The van der Waals surface area contributed by atoms with E-state index in [4.69, 9.17) is 18.3 Å². The van der Waals surface area contributed by atoms with Crippen LogP contribution in [-0.4, -0.2) is 16.6 Å². The van der Waals surface area contributed by atoms with Crippen LogP contribution in [0.1, 0.15) is 88.2 Å². The summed E-state index contributed by atoms with van der Waals surface area (Å²) < 4.78 is 29.7. The number of benzene rings is 5. The average molecular weight is 719 g/mol. The van der Waals surface area contributed by atoms with Gasteiger partial charge in [-0.1, -0.05) is 187 Å². The van der Waals surface area contributed by atoms with Crippen molar-refractivity contribution in [2.24, 2.45) is 0 Å². The summed E-state index contributed by atoms with van der Waals surface area (Å²) in [5.41, 5.74) is 4.38. The van der Waals surface area contributed by atoms with E-state index in [-0.39, 0.29) is 34.5 Å². The van der Waals surface area contributed by atoms with Gasteiger partial charge in [-0.05, 0) is 30.8 Å². The Morgan fingerprint density at radius 1 is 0.385 bits per heavy atom. The zero-order valence-electron chi connectivity index (χ0n) is 30.8. The van der Waals surface area contributed by atoms with Gasteiger partial charge in [0.05, 0.1) is 0 Å². The van der Waals surface area contributed by atoms with E-state index < -0.39 is 16.6 Å². The predicted octanol–water partition coefficient (Wildman–Crippen LogP) is 8.93. The fraction of sp³-hybridized carbons (Fsp3) is 0.261. The van der Waals surface area contributed by atoms with Gasteiger partial charge in [-0.15, -0.1) is 0 Å². The molecule has 0 radical (unpaired) electrons. The third-order valence-electron chi connectivity index (χ3n) is 11.5. The maximum absolute atomic E-state index is 8.02. The molecule has 0 aromatic heterocycles. The Hall–Kier alpha value is -4.47. The van der Waals surface area contributed by atoms with Crippen LogP contribution < -0.4 is 29.6 Å². The van der Waals surface area contributed by atoms with Crippen molar-refractivity contribution in [3.05, 3.63) is 168 Å². The van der Waals surface area contributed by atoms with Crippen molar-refractivity contribution in [2.45, 2.75) is 76.0 Å². The van der Waals surface area contributed by atoms with Crippen LogP contribution in [0.5, 0.6) is 11.5 Å². The molecule has 0 fully saturated rings. The molecule has 52 heavy (non-hydrogen) atoms. The molecule has 4 atom stereocenters. The maximum Gasteiger partial charge on any atom is 0.319 e. The molecule has 4 nitrogen and oxygen atoms in total. The second-order valence-electron chi connectivity index (χ2n) is 16.6. The van der Waals surface area contributed by atoms with Gasteiger partial charge in [0.15, 0.2) is 0 Å². The van der Waals surface area contributed by atoms with Crippen molar-refractivity contribution in [3.8, 4) is 11.5 Å². The molecule has 4 heterocycles. The molecule has 0 aliphatic carbocycles. The molecule has 0 unspecified atom stereocenters. The zero-order chi connectivity index (χ0) is 35.9. The molecule has 5 aromatic carbocycles. The number of hydrogen-bond acceptors (Lipinski definition) is 4. The Labute approximate surface area is 310 Å². The van der Waals surface area contributed by atoms with Crippen LogP contribution in [-0.2, 0) is 9.47 Å². The molecule has 262 valence electrons.